The van der Waals surface area contributed by atoms with Crippen LogP contribution in [0.2, 0.25) is 0 Å². The maximum absolute atomic E-state index is 13.2. The summed E-state index contributed by atoms with van der Waals surface area (Å²) >= 11 is 1.25. The Morgan fingerprint density at radius 1 is 1.30 bits per heavy atom. The number of nitrogens with zero attached hydrogens (tertiary/aromatic N) is 5. The van der Waals surface area contributed by atoms with E-state index in [0.29, 0.717) is 34.8 Å². The number of nitrogens with one attached hydrogen (secondary N) is 1. The van der Waals surface area contributed by atoms with Gasteiger partial charge in [0, 0.05) is 13.1 Å². The predicted molar refractivity (Wildman–Crippen MR) is 97.0 cm³/mol. The highest BCUT2D eigenvalue weighted by Crippen LogP contribution is 2.29. The Balaban J connectivity index is 1.62. The third-order valence-corrected chi connectivity index (χ3v) is 5.26. The molecule has 3 amide bonds. The number of imide groups is 1. The average Bonchev–Trinajstić information content (AvgIpc) is 3.28. The van der Waals surface area contributed by atoms with Gasteiger partial charge in [-0.05, 0) is 31.2 Å². The molecule has 1 unspecified atom stereocenters. The summed E-state index contributed by atoms with van der Waals surface area (Å²) in [5.74, 6) is -0.605. The van der Waals surface area contributed by atoms with E-state index < -0.39 is 5.25 Å². The Morgan fingerprint density at radius 3 is 2.78 bits per heavy atom. The molecule has 27 heavy (non-hydrogen) atoms. The number of rotatable bonds is 4. The van der Waals surface area contributed by atoms with Gasteiger partial charge >= 0.3 is 6.03 Å². The van der Waals surface area contributed by atoms with Crippen molar-refractivity contribution in [3.63, 3.8) is 0 Å². The van der Waals surface area contributed by atoms with E-state index in [9.17, 15) is 14.0 Å². The second-order valence-corrected chi connectivity index (χ2v) is 7.26. The van der Waals surface area contributed by atoms with Crippen LogP contribution in [0.25, 0.3) is 16.7 Å². The number of halogens is 1. The quantitative estimate of drug-likeness (QED) is 0.544. The molecular formula is C17H15FN6O2S. The van der Waals surface area contributed by atoms with E-state index in [1.54, 1.807) is 29.9 Å². The average molecular weight is 386 g/mol. The highest BCUT2D eigenvalue weighted by Gasteiger charge is 2.30. The molecular weight excluding hydrogens is 371 g/mol. The topological polar surface area (TPSA) is 93.0 Å². The number of carbonyl (C=O) groups is 2. The molecule has 10 heteroatoms. The van der Waals surface area contributed by atoms with Crippen molar-refractivity contribution in [3.05, 3.63) is 42.6 Å². The minimum atomic E-state index is -0.499. The zero-order valence-electron chi connectivity index (χ0n) is 14.3. The summed E-state index contributed by atoms with van der Waals surface area (Å²) in [5, 5.41) is 7.70. The molecule has 0 aliphatic carbocycles. The van der Waals surface area contributed by atoms with Crippen LogP contribution in [-0.4, -0.2) is 54.9 Å². The Hall–Kier alpha value is -3.01. The number of hydrogen-bond donors (Lipinski definition) is 1. The number of thioether (sulfide) groups is 1. The molecule has 1 aliphatic heterocycles. The monoisotopic (exact) mass is 386 g/mol. The highest BCUT2D eigenvalue weighted by atomic mass is 32.2. The standard InChI is InChI=1S/C17H15FN6O2S/c1-10(16(25)23-7-6-19-17(23)26)27-15-13-8-22-24(14(13)20-9-21-15)12-4-2-11(18)3-5-12/h2-5,8-10H,6-7H2,1H3,(H,19,26). The molecule has 3 aromatic rings. The molecule has 1 fully saturated rings. The summed E-state index contributed by atoms with van der Waals surface area (Å²) < 4.78 is 14.7. The van der Waals surface area contributed by atoms with Crippen LogP contribution < -0.4 is 5.32 Å². The van der Waals surface area contributed by atoms with Crippen molar-refractivity contribution in [2.45, 2.75) is 17.2 Å². The van der Waals surface area contributed by atoms with Crippen LogP contribution in [0.3, 0.4) is 0 Å². The molecule has 4 rings (SSSR count). The van der Waals surface area contributed by atoms with Gasteiger partial charge < -0.3 is 5.32 Å². The lowest BCUT2D eigenvalue weighted by molar-refractivity contribution is -0.126. The minimum Gasteiger partial charge on any atom is -0.336 e. The fourth-order valence-corrected chi connectivity index (χ4v) is 3.75. The van der Waals surface area contributed by atoms with Crippen LogP contribution in [0.4, 0.5) is 9.18 Å². The Kier molecular flexibility index (Phi) is 4.48. The summed E-state index contributed by atoms with van der Waals surface area (Å²) in [5.41, 5.74) is 1.22. The molecule has 1 saturated heterocycles. The number of aromatic nitrogens is 4. The van der Waals surface area contributed by atoms with Crippen molar-refractivity contribution in [2.24, 2.45) is 0 Å². The van der Waals surface area contributed by atoms with E-state index in [4.69, 9.17) is 0 Å². The smallest absolute Gasteiger partial charge is 0.324 e. The van der Waals surface area contributed by atoms with Crippen molar-refractivity contribution < 1.29 is 14.0 Å². The van der Waals surface area contributed by atoms with Gasteiger partial charge in [0.15, 0.2) is 5.65 Å². The van der Waals surface area contributed by atoms with Crippen LogP contribution in [0, 0.1) is 5.82 Å². The summed E-state index contributed by atoms with van der Waals surface area (Å²) in [7, 11) is 0. The number of carbonyl (C=O) groups excluding carboxylic acids is 2. The second-order valence-electron chi connectivity index (χ2n) is 5.93. The molecule has 1 aliphatic rings. The van der Waals surface area contributed by atoms with Gasteiger partial charge in [-0.2, -0.15) is 5.10 Å². The molecule has 0 bridgehead atoms. The fraction of sp³-hybridized carbons (Fsp3) is 0.235. The lowest BCUT2D eigenvalue weighted by Gasteiger charge is -2.17. The number of urea groups is 1. The Labute approximate surface area is 157 Å². The molecule has 2 aromatic heterocycles. The van der Waals surface area contributed by atoms with Gasteiger partial charge in [0.05, 0.1) is 22.5 Å². The van der Waals surface area contributed by atoms with Crippen LogP contribution in [0.5, 0.6) is 0 Å². The third-order valence-electron chi connectivity index (χ3n) is 4.16. The molecule has 0 spiro atoms. The highest BCUT2D eigenvalue weighted by molar-refractivity contribution is 8.00. The van der Waals surface area contributed by atoms with Crippen molar-refractivity contribution in [2.75, 3.05) is 13.1 Å². The van der Waals surface area contributed by atoms with Gasteiger partial charge in [0.2, 0.25) is 5.91 Å². The van der Waals surface area contributed by atoms with Crippen LogP contribution in [-0.2, 0) is 4.79 Å². The molecule has 138 valence electrons. The lowest BCUT2D eigenvalue weighted by atomic mass is 10.3. The minimum absolute atomic E-state index is 0.271. The van der Waals surface area contributed by atoms with Crippen molar-refractivity contribution in [3.8, 4) is 5.69 Å². The summed E-state index contributed by atoms with van der Waals surface area (Å²) in [6, 6.07) is 5.54. The number of amides is 3. The second kappa shape index (κ2) is 6.95. The Morgan fingerprint density at radius 2 is 2.07 bits per heavy atom. The first-order chi connectivity index (χ1) is 13.0. The first-order valence-corrected chi connectivity index (χ1v) is 9.13. The van der Waals surface area contributed by atoms with E-state index >= 15 is 0 Å². The van der Waals surface area contributed by atoms with E-state index in [2.05, 4.69) is 20.4 Å². The zero-order valence-corrected chi connectivity index (χ0v) is 15.1. The summed E-state index contributed by atoms with van der Waals surface area (Å²) in [6.45, 7) is 2.56. The van der Waals surface area contributed by atoms with E-state index in [1.807, 2.05) is 0 Å². The first kappa shape index (κ1) is 17.4. The van der Waals surface area contributed by atoms with E-state index in [0.717, 1.165) is 0 Å². The van der Waals surface area contributed by atoms with Crippen LogP contribution >= 0.6 is 11.8 Å². The number of hydrogen-bond acceptors (Lipinski definition) is 6. The van der Waals surface area contributed by atoms with Crippen molar-refractivity contribution >= 4 is 34.7 Å². The first-order valence-electron chi connectivity index (χ1n) is 8.25. The normalized spacial score (nSPS) is 15.2. The third kappa shape index (κ3) is 3.23. The molecule has 1 aromatic carbocycles. The molecule has 0 radical (unpaired) electrons. The molecule has 8 nitrogen and oxygen atoms in total. The number of benzene rings is 1. The van der Waals surface area contributed by atoms with Gasteiger partial charge in [-0.3, -0.25) is 9.69 Å². The SMILES string of the molecule is CC(Sc1ncnc2c1cnn2-c1ccc(F)cc1)C(=O)N1CCNC1=O. The molecule has 0 saturated carbocycles. The van der Waals surface area contributed by atoms with Gasteiger partial charge in [-0.25, -0.2) is 23.8 Å². The molecule has 3 heterocycles. The van der Waals surface area contributed by atoms with Crippen LogP contribution in [0.15, 0.2) is 41.8 Å². The van der Waals surface area contributed by atoms with Crippen molar-refractivity contribution in [1.82, 2.24) is 30.0 Å². The largest absolute Gasteiger partial charge is 0.336 e. The van der Waals surface area contributed by atoms with Crippen LogP contribution in [0.1, 0.15) is 6.92 Å². The maximum atomic E-state index is 13.2. The lowest BCUT2D eigenvalue weighted by Crippen LogP contribution is -2.38. The summed E-state index contributed by atoms with van der Waals surface area (Å²) in [4.78, 5) is 33.9. The zero-order chi connectivity index (χ0) is 19.0. The molecule has 1 atom stereocenters. The fourth-order valence-electron chi connectivity index (χ4n) is 2.81. The van der Waals surface area contributed by atoms with E-state index in [1.165, 1.54) is 35.1 Å². The molecule has 1 N–H and O–H groups in total. The summed E-state index contributed by atoms with van der Waals surface area (Å²) in [6.07, 6.45) is 3.01. The van der Waals surface area contributed by atoms with Crippen molar-refractivity contribution in [1.29, 1.82) is 0 Å². The van der Waals surface area contributed by atoms with Gasteiger partial charge in [0.1, 0.15) is 17.2 Å². The van der Waals surface area contributed by atoms with Gasteiger partial charge in [-0.1, -0.05) is 11.8 Å². The van der Waals surface area contributed by atoms with Gasteiger partial charge in [0.25, 0.3) is 0 Å². The number of fused-ring (bicyclic) bond motifs is 1. The predicted octanol–water partition coefficient (Wildman–Crippen LogP) is 1.99. The maximum Gasteiger partial charge on any atom is 0.324 e. The van der Waals surface area contributed by atoms with E-state index in [-0.39, 0.29) is 17.8 Å². The Bertz CT molecular complexity index is 1020. The van der Waals surface area contributed by atoms with Gasteiger partial charge in [-0.15, -0.1) is 0 Å².